The quantitative estimate of drug-likeness (QED) is 0.495. The van der Waals surface area contributed by atoms with Gasteiger partial charge in [-0.15, -0.1) is 0 Å². The Labute approximate surface area is 147 Å². The molecule has 1 aromatic carbocycles. The minimum absolute atomic E-state index is 0.0951. The molecule has 0 unspecified atom stereocenters. The molecule has 0 saturated heterocycles. The van der Waals surface area contributed by atoms with Gasteiger partial charge in [0.2, 0.25) is 0 Å². The Balaban J connectivity index is 2.44. The Bertz CT molecular complexity index is 944. The van der Waals surface area contributed by atoms with Gasteiger partial charge in [0.15, 0.2) is 0 Å². The van der Waals surface area contributed by atoms with Gasteiger partial charge in [0, 0.05) is 34.6 Å². The molecule has 0 bridgehead atoms. The van der Waals surface area contributed by atoms with Gasteiger partial charge in [0.05, 0.1) is 11.2 Å². The maximum atomic E-state index is 13.1. The lowest BCUT2D eigenvalue weighted by atomic mass is 9.84. The number of benzene rings is 1. The highest BCUT2D eigenvalue weighted by molar-refractivity contribution is 6.11. The number of nitrogens with two attached hydrogens (primary N) is 2. The van der Waals surface area contributed by atoms with Gasteiger partial charge in [0.1, 0.15) is 5.70 Å². The van der Waals surface area contributed by atoms with Crippen LogP contribution in [0.15, 0.2) is 17.8 Å². The van der Waals surface area contributed by atoms with E-state index < -0.39 is 17.4 Å². The van der Waals surface area contributed by atoms with Crippen molar-refractivity contribution in [3.63, 3.8) is 0 Å². The van der Waals surface area contributed by atoms with E-state index in [4.69, 9.17) is 22.3 Å². The summed E-state index contributed by atoms with van der Waals surface area (Å²) in [5, 5.41) is 15.9. The molecule has 136 valence electrons. The van der Waals surface area contributed by atoms with Crippen LogP contribution in [-0.4, -0.2) is 23.6 Å². The van der Waals surface area contributed by atoms with Crippen molar-refractivity contribution < 1.29 is 13.2 Å². The van der Waals surface area contributed by atoms with Crippen molar-refractivity contribution in [3.8, 4) is 0 Å². The van der Waals surface area contributed by atoms with Crippen LogP contribution in [0.1, 0.15) is 35.2 Å². The summed E-state index contributed by atoms with van der Waals surface area (Å²) in [6, 6.07) is 3.21. The first-order valence-electron chi connectivity index (χ1n) is 8.11. The second-order valence-electron chi connectivity index (χ2n) is 6.20. The predicted molar refractivity (Wildman–Crippen MR) is 96.6 cm³/mol. The summed E-state index contributed by atoms with van der Waals surface area (Å²) in [5.74, 6) is 0. The summed E-state index contributed by atoms with van der Waals surface area (Å²) in [6.07, 6.45) is -0.0909. The van der Waals surface area contributed by atoms with Gasteiger partial charge < -0.3 is 22.3 Å². The second-order valence-corrected chi connectivity index (χ2v) is 6.20. The molecule has 0 spiro atoms. The van der Waals surface area contributed by atoms with Gasteiger partial charge in [-0.3, -0.25) is 0 Å². The fourth-order valence-corrected chi connectivity index (χ4v) is 3.47. The Hall–Kier alpha value is -2.90. The summed E-state index contributed by atoms with van der Waals surface area (Å²) in [4.78, 5) is 4.40. The monoisotopic (exact) mass is 361 g/mol. The number of halogens is 3. The first-order valence-corrected chi connectivity index (χ1v) is 8.11. The number of aromatic nitrogens is 1. The normalized spacial score (nSPS) is 15.3. The highest BCUT2D eigenvalue weighted by Gasteiger charge is 2.35. The number of allylic oxidation sites excluding steroid dienone is 2. The number of anilines is 1. The molecule has 8 heteroatoms. The van der Waals surface area contributed by atoms with Crippen LogP contribution in [0.3, 0.4) is 0 Å². The highest BCUT2D eigenvalue weighted by Crippen LogP contribution is 2.37. The van der Waals surface area contributed by atoms with Crippen molar-refractivity contribution in [2.45, 2.75) is 31.9 Å². The minimum Gasteiger partial charge on any atom is -0.398 e. The topological polar surface area (TPSA) is 113 Å². The first kappa shape index (κ1) is 17.9. The molecule has 0 saturated carbocycles. The molecule has 6 N–H and O–H groups in total. The molecule has 0 aliphatic heterocycles. The first-order chi connectivity index (χ1) is 12.3. The van der Waals surface area contributed by atoms with Crippen molar-refractivity contribution in [1.82, 2.24) is 4.98 Å². The fraction of sp³-hybridized carbons (Fsp3) is 0.278. The van der Waals surface area contributed by atoms with Crippen molar-refractivity contribution >= 4 is 34.6 Å². The van der Waals surface area contributed by atoms with Gasteiger partial charge in [-0.1, -0.05) is 0 Å². The number of pyridine rings is 1. The van der Waals surface area contributed by atoms with Crippen LogP contribution in [0.5, 0.6) is 0 Å². The van der Waals surface area contributed by atoms with Crippen LogP contribution in [0.4, 0.5) is 18.9 Å². The number of fused-ring (bicyclic) bond motifs is 3. The molecule has 26 heavy (non-hydrogen) atoms. The summed E-state index contributed by atoms with van der Waals surface area (Å²) >= 11 is 0. The van der Waals surface area contributed by atoms with Crippen LogP contribution in [0.25, 0.3) is 16.5 Å². The molecule has 1 aliphatic rings. The van der Waals surface area contributed by atoms with E-state index in [2.05, 4.69) is 4.98 Å². The van der Waals surface area contributed by atoms with E-state index in [-0.39, 0.29) is 5.69 Å². The van der Waals surface area contributed by atoms with E-state index >= 15 is 0 Å². The lowest BCUT2D eigenvalue weighted by Gasteiger charge is -2.23. The number of nitrogen functional groups attached to an aromatic ring is 1. The lowest BCUT2D eigenvalue weighted by molar-refractivity contribution is -0.0919. The number of hydrogen-bond donors (Lipinski definition) is 4. The third-order valence-electron chi connectivity index (χ3n) is 4.68. The minimum atomic E-state index is -4.74. The highest BCUT2D eigenvalue weighted by atomic mass is 19.4. The van der Waals surface area contributed by atoms with Crippen LogP contribution >= 0.6 is 0 Å². The molecule has 0 atom stereocenters. The van der Waals surface area contributed by atoms with Gasteiger partial charge >= 0.3 is 6.18 Å². The van der Waals surface area contributed by atoms with Crippen molar-refractivity contribution in [3.05, 3.63) is 40.2 Å². The molecular weight excluding hydrogens is 343 g/mol. The van der Waals surface area contributed by atoms with Crippen LogP contribution in [-0.2, 0) is 12.8 Å². The van der Waals surface area contributed by atoms with Gasteiger partial charge in [-0.05, 0) is 48.9 Å². The van der Waals surface area contributed by atoms with E-state index in [0.29, 0.717) is 46.8 Å². The fourth-order valence-electron chi connectivity index (χ4n) is 3.47. The molecule has 3 rings (SSSR count). The molecule has 1 heterocycles. The van der Waals surface area contributed by atoms with Crippen molar-refractivity contribution in [2.75, 3.05) is 5.73 Å². The van der Waals surface area contributed by atoms with Crippen molar-refractivity contribution in [1.29, 1.82) is 10.8 Å². The average molecular weight is 361 g/mol. The van der Waals surface area contributed by atoms with Gasteiger partial charge in [0.25, 0.3) is 0 Å². The maximum absolute atomic E-state index is 13.1. The van der Waals surface area contributed by atoms with E-state index in [1.54, 1.807) is 12.1 Å². The Morgan fingerprint density at radius 2 is 1.77 bits per heavy atom. The zero-order chi connectivity index (χ0) is 19.1. The summed E-state index contributed by atoms with van der Waals surface area (Å²) in [6.45, 7) is 0. The van der Waals surface area contributed by atoms with Gasteiger partial charge in [-0.2, -0.15) is 13.2 Å². The molecule has 5 nitrogen and oxygen atoms in total. The Morgan fingerprint density at radius 3 is 2.35 bits per heavy atom. The zero-order valence-electron chi connectivity index (χ0n) is 13.9. The third kappa shape index (κ3) is 2.81. The van der Waals surface area contributed by atoms with Crippen LogP contribution in [0.2, 0.25) is 0 Å². The summed E-state index contributed by atoms with van der Waals surface area (Å²) in [7, 11) is 0. The molecule has 0 radical (unpaired) electrons. The average Bonchev–Trinajstić information content (AvgIpc) is 2.61. The van der Waals surface area contributed by atoms with E-state index in [1.165, 1.54) is 0 Å². The molecule has 0 fully saturated rings. The smallest absolute Gasteiger partial charge is 0.398 e. The van der Waals surface area contributed by atoms with E-state index in [1.807, 2.05) is 0 Å². The second kappa shape index (κ2) is 6.44. The SMILES string of the molecule is N=CC(=C(N)C(F)(F)F)c1nc2ccc(N)c(C=N)c2c2c1CCCC2. The van der Waals surface area contributed by atoms with E-state index in [0.717, 1.165) is 24.6 Å². The predicted octanol–water partition coefficient (Wildman–Crippen LogP) is 3.58. The lowest BCUT2D eigenvalue weighted by Crippen LogP contribution is -2.23. The van der Waals surface area contributed by atoms with Crippen LogP contribution in [0, 0.1) is 10.8 Å². The number of rotatable bonds is 3. The zero-order valence-corrected chi connectivity index (χ0v) is 13.9. The Morgan fingerprint density at radius 1 is 1.12 bits per heavy atom. The number of alkyl halides is 3. The number of nitrogens with one attached hydrogen (secondary N) is 2. The number of aryl methyl sites for hydroxylation is 1. The summed E-state index contributed by atoms with van der Waals surface area (Å²) in [5.41, 5.74) is 12.5. The van der Waals surface area contributed by atoms with E-state index in [9.17, 15) is 13.2 Å². The summed E-state index contributed by atoms with van der Waals surface area (Å²) < 4.78 is 39.4. The van der Waals surface area contributed by atoms with Crippen LogP contribution < -0.4 is 11.5 Å². The van der Waals surface area contributed by atoms with Crippen molar-refractivity contribution in [2.24, 2.45) is 5.73 Å². The largest absolute Gasteiger partial charge is 0.431 e. The molecule has 2 aromatic rings. The molecule has 1 aliphatic carbocycles. The molecule has 0 amide bonds. The number of hydrogen-bond acceptors (Lipinski definition) is 5. The Kier molecular flexibility index (Phi) is 4.43. The van der Waals surface area contributed by atoms with Gasteiger partial charge in [-0.25, -0.2) is 4.98 Å². The molecule has 1 aromatic heterocycles. The third-order valence-corrected chi connectivity index (χ3v) is 4.68. The number of nitrogens with zero attached hydrogens (tertiary/aromatic N) is 1. The molecular formula is C18H18F3N5. The standard InChI is InChI=1S/C18H18F3N5/c19-18(20,21)17(25)12(8-23)16-10-4-2-1-3-9(10)15-11(7-22)13(24)5-6-14(15)26-16/h5-8,22-23H,1-4,24-25H2. The maximum Gasteiger partial charge on any atom is 0.431 e.